The summed E-state index contributed by atoms with van der Waals surface area (Å²) in [6, 6.07) is 5.03. The molecule has 9 nitrogen and oxygen atoms in total. The van der Waals surface area contributed by atoms with Gasteiger partial charge in [-0.05, 0) is 39.4 Å². The number of nitrogens with one attached hydrogen (secondary N) is 1. The molecule has 0 aromatic heterocycles. The molecule has 1 saturated heterocycles. The predicted molar refractivity (Wildman–Crippen MR) is 98.3 cm³/mol. The number of benzene rings is 1. The van der Waals surface area contributed by atoms with E-state index in [0.29, 0.717) is 5.06 Å². The molecule has 2 aliphatic heterocycles. The first kappa shape index (κ1) is 21.5. The number of carbonyl (C=O) groups excluding carboxylic acids is 5. The number of rotatable bonds is 4. The minimum Gasteiger partial charge on any atom is -0.328 e. The summed E-state index contributed by atoms with van der Waals surface area (Å²) in [7, 11) is 1.53. The van der Waals surface area contributed by atoms with E-state index in [1.54, 1.807) is 12.1 Å². The van der Waals surface area contributed by atoms with Crippen LogP contribution in [0.25, 0.3) is 0 Å². The van der Waals surface area contributed by atoms with Crippen molar-refractivity contribution >= 4 is 42.0 Å². The summed E-state index contributed by atoms with van der Waals surface area (Å²) < 4.78 is 0. The molecule has 1 aromatic rings. The van der Waals surface area contributed by atoms with Gasteiger partial charge >= 0.3 is 5.97 Å². The molecular weight excluding hydrogens is 390 g/mol. The lowest BCUT2D eigenvalue weighted by molar-refractivity contribution is -0.211. The van der Waals surface area contributed by atoms with E-state index in [4.69, 9.17) is 4.84 Å². The molecular formula is C18H20ClN3O6. The number of amides is 4. The maximum absolute atomic E-state index is 12.8. The van der Waals surface area contributed by atoms with E-state index in [9.17, 15) is 24.0 Å². The van der Waals surface area contributed by atoms with Crippen LogP contribution >= 0.6 is 12.4 Å². The first-order valence-electron chi connectivity index (χ1n) is 8.44. The molecule has 0 saturated carbocycles. The van der Waals surface area contributed by atoms with Crippen molar-refractivity contribution in [2.45, 2.75) is 38.3 Å². The molecule has 2 aliphatic rings. The van der Waals surface area contributed by atoms with Gasteiger partial charge < -0.3 is 10.2 Å². The zero-order valence-electron chi connectivity index (χ0n) is 15.6. The molecule has 1 unspecified atom stereocenters. The van der Waals surface area contributed by atoms with Crippen LogP contribution in [0.3, 0.4) is 0 Å². The number of hydroxylamine groups is 2. The Morgan fingerprint density at radius 2 is 1.64 bits per heavy atom. The van der Waals surface area contributed by atoms with Crippen molar-refractivity contribution < 1.29 is 28.8 Å². The Balaban J connectivity index is 0.00000280. The molecule has 2 heterocycles. The Morgan fingerprint density at radius 3 is 2.14 bits per heavy atom. The highest BCUT2D eigenvalue weighted by Gasteiger charge is 2.48. The minimum absolute atomic E-state index is 0. The van der Waals surface area contributed by atoms with Gasteiger partial charge in [0.2, 0.25) is 0 Å². The Hall–Kier alpha value is -2.78. The van der Waals surface area contributed by atoms with Gasteiger partial charge in [-0.25, -0.2) is 4.79 Å². The predicted octanol–water partition coefficient (Wildman–Crippen LogP) is 0.678. The second-order valence-electron chi connectivity index (χ2n) is 6.86. The molecule has 150 valence electrons. The fraction of sp³-hybridized carbons (Fsp3) is 0.389. The Kier molecular flexibility index (Phi) is 5.91. The lowest BCUT2D eigenvalue weighted by Crippen LogP contribution is -2.58. The number of hydrogen-bond acceptors (Lipinski definition) is 7. The van der Waals surface area contributed by atoms with Crippen molar-refractivity contribution in [3.63, 3.8) is 0 Å². The van der Waals surface area contributed by atoms with Crippen LogP contribution < -0.4 is 5.32 Å². The third-order valence-electron chi connectivity index (χ3n) is 4.79. The highest BCUT2D eigenvalue weighted by atomic mass is 35.5. The van der Waals surface area contributed by atoms with Crippen LogP contribution in [-0.4, -0.2) is 58.2 Å². The molecule has 0 bridgehead atoms. The van der Waals surface area contributed by atoms with Crippen molar-refractivity contribution in [3.05, 3.63) is 35.4 Å². The van der Waals surface area contributed by atoms with Crippen LogP contribution in [0.1, 0.15) is 47.4 Å². The van der Waals surface area contributed by atoms with E-state index in [2.05, 4.69) is 5.32 Å². The molecule has 1 N–H and O–H groups in total. The van der Waals surface area contributed by atoms with Gasteiger partial charge in [-0.2, -0.15) is 0 Å². The second kappa shape index (κ2) is 7.69. The van der Waals surface area contributed by atoms with Crippen molar-refractivity contribution in [2.24, 2.45) is 0 Å². The number of imide groups is 2. The van der Waals surface area contributed by atoms with Crippen LogP contribution in [0.4, 0.5) is 0 Å². The summed E-state index contributed by atoms with van der Waals surface area (Å²) in [5, 5.41) is 3.07. The highest BCUT2D eigenvalue weighted by molar-refractivity contribution is 6.23. The standard InChI is InChI=1S/C18H19N3O6.ClH/c1-18(2,19-3)17(26)27-21-13(22)9-8-12(16(21)25)20-14(23)10-6-4-5-7-11(10)15(20)24;/h4-7,12,19H,8-9H2,1-3H3;1H. The second-order valence-corrected chi connectivity index (χ2v) is 6.86. The zero-order chi connectivity index (χ0) is 19.9. The van der Waals surface area contributed by atoms with Crippen molar-refractivity contribution in [1.29, 1.82) is 0 Å². The van der Waals surface area contributed by atoms with Gasteiger partial charge in [0, 0.05) is 6.42 Å². The van der Waals surface area contributed by atoms with Gasteiger partial charge in [0.1, 0.15) is 11.6 Å². The van der Waals surface area contributed by atoms with Gasteiger partial charge in [0.05, 0.1) is 11.1 Å². The third-order valence-corrected chi connectivity index (χ3v) is 4.79. The lowest BCUT2D eigenvalue weighted by Gasteiger charge is -2.34. The highest BCUT2D eigenvalue weighted by Crippen LogP contribution is 2.29. The van der Waals surface area contributed by atoms with Crippen LogP contribution in [0.5, 0.6) is 0 Å². The van der Waals surface area contributed by atoms with Gasteiger partial charge in [-0.15, -0.1) is 17.5 Å². The summed E-state index contributed by atoms with van der Waals surface area (Å²) in [4.78, 5) is 68.1. The molecule has 0 spiro atoms. The average Bonchev–Trinajstić information content (AvgIpc) is 2.90. The summed E-state index contributed by atoms with van der Waals surface area (Å²) in [5.41, 5.74) is -0.734. The monoisotopic (exact) mass is 409 g/mol. The van der Waals surface area contributed by atoms with Crippen LogP contribution in [0.15, 0.2) is 24.3 Å². The minimum atomic E-state index is -1.21. The number of hydrogen-bond donors (Lipinski definition) is 1. The van der Waals surface area contributed by atoms with E-state index < -0.39 is 41.2 Å². The van der Waals surface area contributed by atoms with Crippen LogP contribution in [0, 0.1) is 0 Å². The first-order valence-corrected chi connectivity index (χ1v) is 8.44. The summed E-state index contributed by atoms with van der Waals surface area (Å²) >= 11 is 0. The molecule has 0 radical (unpaired) electrons. The van der Waals surface area contributed by atoms with Gasteiger partial charge in [-0.1, -0.05) is 12.1 Å². The number of nitrogens with zero attached hydrogens (tertiary/aromatic N) is 2. The van der Waals surface area contributed by atoms with Crippen molar-refractivity contribution in [3.8, 4) is 0 Å². The molecule has 1 fully saturated rings. The first-order chi connectivity index (χ1) is 12.7. The largest absolute Gasteiger partial charge is 0.352 e. The van der Waals surface area contributed by atoms with Gasteiger partial charge in [-0.3, -0.25) is 24.1 Å². The van der Waals surface area contributed by atoms with E-state index in [1.165, 1.54) is 33.0 Å². The maximum atomic E-state index is 12.8. The summed E-state index contributed by atoms with van der Waals surface area (Å²) in [5.74, 6) is -3.67. The van der Waals surface area contributed by atoms with E-state index in [0.717, 1.165) is 4.90 Å². The maximum Gasteiger partial charge on any atom is 0.352 e. The SMILES string of the molecule is CNC(C)(C)C(=O)ON1C(=O)CCC(N2C(=O)c3ccccc3C2=O)C1=O.Cl. The summed E-state index contributed by atoms with van der Waals surface area (Å²) in [6.07, 6.45) is -0.163. The number of carbonyl (C=O) groups is 5. The normalized spacial score (nSPS) is 19.5. The fourth-order valence-corrected chi connectivity index (χ4v) is 2.87. The quantitative estimate of drug-likeness (QED) is 0.727. The van der Waals surface area contributed by atoms with Crippen molar-refractivity contribution in [2.75, 3.05) is 7.05 Å². The Morgan fingerprint density at radius 1 is 1.11 bits per heavy atom. The molecule has 1 atom stereocenters. The zero-order valence-corrected chi connectivity index (χ0v) is 16.4. The van der Waals surface area contributed by atoms with E-state index >= 15 is 0 Å². The van der Waals surface area contributed by atoms with Crippen LogP contribution in [0.2, 0.25) is 0 Å². The lowest BCUT2D eigenvalue weighted by atomic mass is 10.0. The number of likely N-dealkylation sites (N-methyl/N-ethyl adjacent to an activating group) is 1. The fourth-order valence-electron chi connectivity index (χ4n) is 2.87. The van der Waals surface area contributed by atoms with E-state index in [1.807, 2.05) is 0 Å². The number of halogens is 1. The molecule has 3 rings (SSSR count). The van der Waals surface area contributed by atoms with E-state index in [-0.39, 0.29) is 36.4 Å². The molecule has 0 aliphatic carbocycles. The molecule has 28 heavy (non-hydrogen) atoms. The van der Waals surface area contributed by atoms with Crippen molar-refractivity contribution in [1.82, 2.24) is 15.3 Å². The smallest absolute Gasteiger partial charge is 0.328 e. The van der Waals surface area contributed by atoms with Crippen LogP contribution in [-0.2, 0) is 19.2 Å². The summed E-state index contributed by atoms with van der Waals surface area (Å²) in [6.45, 7) is 3.05. The third kappa shape index (κ3) is 3.38. The molecule has 1 aromatic carbocycles. The Labute approximate surface area is 167 Å². The average molecular weight is 410 g/mol. The molecule has 10 heteroatoms. The van der Waals surface area contributed by atoms with Gasteiger partial charge in [0.25, 0.3) is 23.6 Å². The van der Waals surface area contributed by atoms with Gasteiger partial charge in [0.15, 0.2) is 0 Å². The topological polar surface area (TPSA) is 113 Å². The number of piperidine rings is 1. The number of fused-ring (bicyclic) bond motifs is 1. The molecule has 4 amide bonds. The Bertz CT molecular complexity index is 834.